The van der Waals surface area contributed by atoms with Crippen molar-refractivity contribution in [3.8, 4) is 0 Å². The average molecular weight is 299 g/mol. The summed E-state index contributed by atoms with van der Waals surface area (Å²) in [7, 11) is 2.09. The van der Waals surface area contributed by atoms with Gasteiger partial charge in [0.1, 0.15) is 0 Å². The summed E-state index contributed by atoms with van der Waals surface area (Å²) in [6.45, 7) is 4.88. The molecule has 2 unspecified atom stereocenters. The molecule has 4 heteroatoms. The topological polar surface area (TPSA) is 40.4 Å². The second-order valence-corrected chi connectivity index (χ2v) is 7.06. The van der Waals surface area contributed by atoms with Crippen molar-refractivity contribution in [1.29, 1.82) is 0 Å². The Labute approximate surface area is 131 Å². The fourth-order valence-corrected chi connectivity index (χ4v) is 4.12. The molecule has 2 fully saturated rings. The molecule has 1 aromatic carbocycles. The van der Waals surface area contributed by atoms with Crippen LogP contribution in [-0.2, 0) is 13.6 Å². The molecular weight excluding hydrogens is 274 g/mol. The van der Waals surface area contributed by atoms with Crippen LogP contribution in [0, 0.1) is 5.92 Å². The molecule has 2 N–H and O–H groups in total. The lowest BCUT2D eigenvalue weighted by molar-refractivity contribution is -0.0899. The third kappa shape index (κ3) is 2.45. The summed E-state index contributed by atoms with van der Waals surface area (Å²) in [4.78, 5) is 2.50. The molecule has 4 rings (SSSR count). The highest BCUT2D eigenvalue weighted by Gasteiger charge is 2.42. The van der Waals surface area contributed by atoms with Crippen molar-refractivity contribution >= 4 is 10.9 Å². The number of nitrogens with zero attached hydrogens (tertiary/aromatic N) is 2. The number of fused-ring (bicyclic) bond motifs is 2. The van der Waals surface area contributed by atoms with Crippen LogP contribution in [0.2, 0.25) is 0 Å². The van der Waals surface area contributed by atoms with Crippen LogP contribution >= 0.6 is 0 Å². The molecule has 2 aliphatic heterocycles. The van der Waals surface area contributed by atoms with E-state index < -0.39 is 5.60 Å². The number of piperidine rings is 2. The van der Waals surface area contributed by atoms with Crippen molar-refractivity contribution in [3.63, 3.8) is 0 Å². The number of hydrogen-bond acceptors (Lipinski definition) is 3. The van der Waals surface area contributed by atoms with Crippen LogP contribution in [0.15, 0.2) is 30.5 Å². The number of nitrogens with one attached hydrogen (secondary N) is 1. The van der Waals surface area contributed by atoms with Crippen molar-refractivity contribution in [2.45, 2.75) is 25.0 Å². The molecule has 22 heavy (non-hydrogen) atoms. The Hall–Kier alpha value is -1.36. The minimum Gasteiger partial charge on any atom is -0.389 e. The molecule has 2 aliphatic rings. The van der Waals surface area contributed by atoms with Crippen molar-refractivity contribution < 1.29 is 5.11 Å². The number of aryl methyl sites for hydroxylation is 1. The lowest BCUT2D eigenvalue weighted by Gasteiger charge is -2.47. The molecule has 4 nitrogen and oxygen atoms in total. The largest absolute Gasteiger partial charge is 0.389 e. The minimum atomic E-state index is -0.425. The van der Waals surface area contributed by atoms with Gasteiger partial charge in [-0.15, -0.1) is 0 Å². The van der Waals surface area contributed by atoms with Crippen LogP contribution in [0.5, 0.6) is 0 Å². The average Bonchev–Trinajstić information content (AvgIpc) is 2.88. The first-order chi connectivity index (χ1) is 10.6. The van der Waals surface area contributed by atoms with Gasteiger partial charge in [-0.3, -0.25) is 4.90 Å². The summed E-state index contributed by atoms with van der Waals surface area (Å²) in [5, 5.41) is 15.5. The Kier molecular flexibility index (Phi) is 3.48. The second kappa shape index (κ2) is 5.37. The van der Waals surface area contributed by atoms with Gasteiger partial charge in [0.15, 0.2) is 0 Å². The van der Waals surface area contributed by atoms with Gasteiger partial charge in [0.2, 0.25) is 0 Å². The van der Waals surface area contributed by atoms with Crippen LogP contribution in [0.4, 0.5) is 0 Å². The maximum atomic E-state index is 10.7. The van der Waals surface area contributed by atoms with Gasteiger partial charge in [0, 0.05) is 50.9 Å². The summed E-state index contributed by atoms with van der Waals surface area (Å²) in [6, 6.07) is 8.93. The number of rotatable bonds is 2. The van der Waals surface area contributed by atoms with E-state index in [1.807, 2.05) is 0 Å². The van der Waals surface area contributed by atoms with Crippen LogP contribution in [0.25, 0.3) is 10.9 Å². The van der Waals surface area contributed by atoms with E-state index in [9.17, 15) is 5.11 Å². The van der Waals surface area contributed by atoms with Gasteiger partial charge in [0.05, 0.1) is 5.60 Å². The lowest BCUT2D eigenvalue weighted by atomic mass is 9.76. The molecule has 0 amide bonds. The summed E-state index contributed by atoms with van der Waals surface area (Å²) in [5.74, 6) is 0.371. The summed E-state index contributed by atoms with van der Waals surface area (Å²) in [5.41, 5.74) is 2.23. The van der Waals surface area contributed by atoms with E-state index in [2.05, 4.69) is 52.3 Å². The third-order valence-electron chi connectivity index (χ3n) is 5.58. The molecule has 2 aromatic rings. The first kappa shape index (κ1) is 14.2. The number of benzene rings is 1. The van der Waals surface area contributed by atoms with E-state index in [-0.39, 0.29) is 0 Å². The molecule has 118 valence electrons. The van der Waals surface area contributed by atoms with Crippen LogP contribution in [0.3, 0.4) is 0 Å². The van der Waals surface area contributed by atoms with Gasteiger partial charge >= 0.3 is 0 Å². The fraction of sp³-hybridized carbons (Fsp3) is 0.556. The molecule has 2 saturated heterocycles. The van der Waals surface area contributed by atoms with E-state index in [1.54, 1.807) is 0 Å². The summed E-state index contributed by atoms with van der Waals surface area (Å²) < 4.78 is 2.16. The molecule has 0 spiro atoms. The van der Waals surface area contributed by atoms with Crippen molar-refractivity contribution in [2.24, 2.45) is 13.0 Å². The van der Waals surface area contributed by atoms with E-state index in [0.717, 1.165) is 45.6 Å². The predicted molar refractivity (Wildman–Crippen MR) is 88.7 cm³/mol. The first-order valence-corrected chi connectivity index (χ1v) is 8.33. The van der Waals surface area contributed by atoms with E-state index >= 15 is 0 Å². The summed E-state index contributed by atoms with van der Waals surface area (Å²) in [6.07, 6.45) is 3.93. The van der Waals surface area contributed by atoms with Crippen molar-refractivity contribution in [1.82, 2.24) is 14.8 Å². The minimum absolute atomic E-state index is 0.371. The molecule has 2 atom stereocenters. The standard InChI is InChI=1S/C18H25N3O/c1-20-8-4-15-10-14(2-3-17(15)20)12-21-9-6-18(22)5-7-19-11-16(18)13-21/h2-4,8,10,16,19,22H,5-7,9,11-13H2,1H3. The quantitative estimate of drug-likeness (QED) is 0.887. The zero-order valence-electron chi connectivity index (χ0n) is 13.3. The van der Waals surface area contributed by atoms with Gasteiger partial charge in [-0.25, -0.2) is 0 Å². The lowest BCUT2D eigenvalue weighted by Crippen LogP contribution is -2.58. The van der Waals surface area contributed by atoms with Crippen molar-refractivity contribution in [2.75, 3.05) is 26.2 Å². The van der Waals surface area contributed by atoms with Gasteiger partial charge in [-0.05, 0) is 48.5 Å². The number of aliphatic hydroxyl groups is 1. The third-order valence-corrected chi connectivity index (χ3v) is 5.58. The van der Waals surface area contributed by atoms with Gasteiger partial charge < -0.3 is 15.0 Å². The Morgan fingerprint density at radius 1 is 1.32 bits per heavy atom. The van der Waals surface area contributed by atoms with Gasteiger partial charge in [-0.1, -0.05) is 6.07 Å². The van der Waals surface area contributed by atoms with Crippen LogP contribution < -0.4 is 5.32 Å². The Morgan fingerprint density at radius 2 is 2.23 bits per heavy atom. The highest BCUT2D eigenvalue weighted by atomic mass is 16.3. The fourth-order valence-electron chi connectivity index (χ4n) is 4.12. The predicted octanol–water partition coefficient (Wildman–Crippen LogP) is 1.72. The Bertz CT molecular complexity index is 680. The second-order valence-electron chi connectivity index (χ2n) is 7.06. The SMILES string of the molecule is Cn1ccc2cc(CN3CCC4(O)CCNCC4C3)ccc21. The molecule has 0 radical (unpaired) electrons. The van der Waals surface area contributed by atoms with Gasteiger partial charge in [-0.2, -0.15) is 0 Å². The molecule has 1 aromatic heterocycles. The highest BCUT2D eigenvalue weighted by Crippen LogP contribution is 2.33. The number of hydrogen-bond donors (Lipinski definition) is 2. The molecule has 0 bridgehead atoms. The van der Waals surface area contributed by atoms with Crippen LogP contribution in [-0.4, -0.2) is 46.4 Å². The zero-order valence-corrected chi connectivity index (χ0v) is 13.3. The van der Waals surface area contributed by atoms with Crippen LogP contribution in [0.1, 0.15) is 18.4 Å². The number of likely N-dealkylation sites (tertiary alicyclic amines) is 1. The highest BCUT2D eigenvalue weighted by molar-refractivity contribution is 5.80. The van der Waals surface area contributed by atoms with E-state index in [0.29, 0.717) is 5.92 Å². The maximum absolute atomic E-state index is 10.7. The Morgan fingerprint density at radius 3 is 3.14 bits per heavy atom. The zero-order chi connectivity index (χ0) is 15.2. The van der Waals surface area contributed by atoms with E-state index in [1.165, 1.54) is 16.5 Å². The smallest absolute Gasteiger partial charge is 0.0724 e. The molecular formula is C18H25N3O. The first-order valence-electron chi connectivity index (χ1n) is 8.33. The molecule has 3 heterocycles. The Balaban J connectivity index is 1.48. The number of aromatic nitrogens is 1. The normalized spacial score (nSPS) is 29.6. The molecule has 0 aliphatic carbocycles. The monoisotopic (exact) mass is 299 g/mol. The maximum Gasteiger partial charge on any atom is 0.0724 e. The van der Waals surface area contributed by atoms with Crippen molar-refractivity contribution in [3.05, 3.63) is 36.0 Å². The van der Waals surface area contributed by atoms with E-state index in [4.69, 9.17) is 0 Å². The summed E-state index contributed by atoms with van der Waals surface area (Å²) >= 11 is 0. The molecule has 0 saturated carbocycles. The van der Waals surface area contributed by atoms with Gasteiger partial charge in [0.25, 0.3) is 0 Å².